The van der Waals surface area contributed by atoms with E-state index in [0.29, 0.717) is 18.8 Å². The normalized spacial score (nSPS) is 35.0. The number of hydrogen-bond acceptors (Lipinski definition) is 6. The average molecular weight is 375 g/mol. The Morgan fingerprint density at radius 3 is 3.04 bits per heavy atom. The molecule has 2 fully saturated rings. The van der Waals surface area contributed by atoms with Crippen LogP contribution >= 0.6 is 0 Å². The largest absolute Gasteiger partial charge is 0.504 e. The number of rotatable bonds is 3. The lowest BCUT2D eigenvalue weighted by Crippen LogP contribution is -2.56. The molecule has 4 atom stereocenters. The van der Waals surface area contributed by atoms with Crippen LogP contribution in [0.3, 0.4) is 0 Å². The third-order valence-electron chi connectivity index (χ3n) is 6.65. The number of para-hydroxylation sites is 1. The zero-order chi connectivity index (χ0) is 19.1. The van der Waals surface area contributed by atoms with E-state index in [4.69, 9.17) is 14.2 Å². The van der Waals surface area contributed by atoms with Gasteiger partial charge in [0.1, 0.15) is 5.60 Å². The van der Waals surface area contributed by atoms with Gasteiger partial charge in [-0.2, -0.15) is 0 Å². The lowest BCUT2D eigenvalue weighted by atomic mass is 9.64. The van der Waals surface area contributed by atoms with E-state index in [2.05, 4.69) is 5.32 Å². The second-order valence-corrected chi connectivity index (χ2v) is 8.51. The molecule has 0 aliphatic carbocycles. The van der Waals surface area contributed by atoms with Crippen molar-refractivity contribution in [3.8, 4) is 11.5 Å². The van der Waals surface area contributed by atoms with Crippen LogP contribution < -0.4 is 10.1 Å². The number of hydrogen-bond donors (Lipinski definition) is 2. The molecule has 1 aromatic carbocycles. The standard InChI is InChI=1S/C21H29NO5/c1-20(9-7-17(24)25-2)15-11-21(8-4-10-22-12-21)13-26-18(15)14-5-3-6-16(23)19(14)27-20/h3,5-6,15,18,22-23H,4,7-13H2,1-2H3/t15-,18+,20+,21?/m0/s1. The molecule has 6 nitrogen and oxygen atoms in total. The zero-order valence-corrected chi connectivity index (χ0v) is 16.1. The van der Waals surface area contributed by atoms with E-state index in [1.807, 2.05) is 19.1 Å². The Balaban J connectivity index is 1.68. The highest BCUT2D eigenvalue weighted by molar-refractivity contribution is 5.69. The molecule has 0 bridgehead atoms. The van der Waals surface area contributed by atoms with Crippen LogP contribution in [0.15, 0.2) is 18.2 Å². The van der Waals surface area contributed by atoms with Crippen LogP contribution in [0, 0.1) is 11.3 Å². The number of phenolic OH excluding ortho intramolecular Hbond substituents is 1. The number of carbonyl (C=O) groups is 1. The van der Waals surface area contributed by atoms with Crippen molar-refractivity contribution < 1.29 is 24.1 Å². The van der Waals surface area contributed by atoms with Gasteiger partial charge in [0.2, 0.25) is 0 Å². The Labute approximate surface area is 160 Å². The van der Waals surface area contributed by atoms with E-state index >= 15 is 0 Å². The summed E-state index contributed by atoms with van der Waals surface area (Å²) in [5, 5.41) is 13.9. The van der Waals surface area contributed by atoms with Crippen LogP contribution in [-0.2, 0) is 14.3 Å². The molecule has 1 aromatic rings. The number of esters is 1. The molecule has 148 valence electrons. The summed E-state index contributed by atoms with van der Waals surface area (Å²) in [6.07, 6.45) is 3.96. The summed E-state index contributed by atoms with van der Waals surface area (Å²) in [5.74, 6) is 0.484. The number of phenols is 1. The van der Waals surface area contributed by atoms with Gasteiger partial charge in [0.15, 0.2) is 11.5 Å². The van der Waals surface area contributed by atoms with Gasteiger partial charge < -0.3 is 24.6 Å². The van der Waals surface area contributed by atoms with Crippen molar-refractivity contribution in [3.63, 3.8) is 0 Å². The minimum absolute atomic E-state index is 0.115. The minimum atomic E-state index is -0.602. The summed E-state index contributed by atoms with van der Waals surface area (Å²) in [6, 6.07) is 5.45. The molecule has 3 aliphatic heterocycles. The van der Waals surface area contributed by atoms with Crippen molar-refractivity contribution >= 4 is 5.97 Å². The summed E-state index contributed by atoms with van der Waals surface area (Å²) in [7, 11) is 1.41. The molecule has 3 heterocycles. The van der Waals surface area contributed by atoms with Crippen LogP contribution in [-0.4, -0.2) is 43.5 Å². The highest BCUT2D eigenvalue weighted by atomic mass is 16.5. The quantitative estimate of drug-likeness (QED) is 0.791. The van der Waals surface area contributed by atoms with Crippen LogP contribution in [0.1, 0.15) is 50.7 Å². The van der Waals surface area contributed by atoms with E-state index < -0.39 is 5.60 Å². The second-order valence-electron chi connectivity index (χ2n) is 8.51. The summed E-state index contributed by atoms with van der Waals surface area (Å²) in [6.45, 7) is 4.77. The first-order valence-corrected chi connectivity index (χ1v) is 9.86. The topological polar surface area (TPSA) is 77.0 Å². The second kappa shape index (κ2) is 6.99. The lowest BCUT2D eigenvalue weighted by Gasteiger charge is -2.54. The number of aromatic hydroxyl groups is 1. The molecule has 1 unspecified atom stereocenters. The summed E-state index contributed by atoms with van der Waals surface area (Å²) < 4.78 is 17.7. The molecule has 3 aliphatic rings. The van der Waals surface area contributed by atoms with E-state index in [-0.39, 0.29) is 35.6 Å². The Morgan fingerprint density at radius 2 is 2.30 bits per heavy atom. The Bertz CT molecular complexity index is 715. The fourth-order valence-corrected chi connectivity index (χ4v) is 5.06. The lowest BCUT2D eigenvalue weighted by molar-refractivity contribution is -0.176. The third-order valence-corrected chi connectivity index (χ3v) is 6.65. The average Bonchev–Trinajstić information content (AvgIpc) is 2.68. The highest BCUT2D eigenvalue weighted by Gasteiger charge is 2.54. The van der Waals surface area contributed by atoms with Crippen LogP contribution in [0.2, 0.25) is 0 Å². The molecule has 0 aromatic heterocycles. The highest BCUT2D eigenvalue weighted by Crippen LogP contribution is 2.57. The molecule has 0 saturated carbocycles. The molecule has 0 radical (unpaired) electrons. The van der Waals surface area contributed by atoms with E-state index in [9.17, 15) is 9.90 Å². The van der Waals surface area contributed by atoms with Crippen LogP contribution in [0.5, 0.6) is 11.5 Å². The van der Waals surface area contributed by atoms with Gasteiger partial charge in [-0.1, -0.05) is 12.1 Å². The zero-order valence-electron chi connectivity index (χ0n) is 16.1. The smallest absolute Gasteiger partial charge is 0.305 e. The fraction of sp³-hybridized carbons (Fsp3) is 0.667. The van der Waals surface area contributed by atoms with Gasteiger partial charge >= 0.3 is 5.97 Å². The number of ether oxygens (including phenoxy) is 3. The molecule has 1 spiro atoms. The number of piperidine rings is 1. The van der Waals surface area contributed by atoms with Gasteiger partial charge in [-0.05, 0) is 45.2 Å². The number of carbonyl (C=O) groups excluding carboxylic acids is 1. The maximum atomic E-state index is 11.8. The first-order chi connectivity index (χ1) is 13.0. The van der Waals surface area contributed by atoms with Crippen molar-refractivity contribution in [2.24, 2.45) is 11.3 Å². The van der Waals surface area contributed by atoms with E-state index in [1.165, 1.54) is 7.11 Å². The predicted molar refractivity (Wildman–Crippen MR) is 99.7 cm³/mol. The number of benzene rings is 1. The fourth-order valence-electron chi connectivity index (χ4n) is 5.06. The van der Waals surface area contributed by atoms with Gasteiger partial charge in [-0.3, -0.25) is 4.79 Å². The first-order valence-electron chi connectivity index (χ1n) is 9.86. The summed E-state index contributed by atoms with van der Waals surface area (Å²) in [5.41, 5.74) is 0.424. The van der Waals surface area contributed by atoms with Gasteiger partial charge in [-0.15, -0.1) is 0 Å². The van der Waals surface area contributed by atoms with Crippen molar-refractivity contribution in [2.75, 3.05) is 26.8 Å². The van der Waals surface area contributed by atoms with Gasteiger partial charge in [0.05, 0.1) is 19.8 Å². The Kier molecular flexibility index (Phi) is 4.80. The molecule has 2 saturated heterocycles. The van der Waals surface area contributed by atoms with Gasteiger partial charge in [0, 0.05) is 29.9 Å². The molecule has 0 amide bonds. The molecule has 6 heteroatoms. The Hall–Kier alpha value is -1.79. The molecular weight excluding hydrogens is 346 g/mol. The molecule has 27 heavy (non-hydrogen) atoms. The van der Waals surface area contributed by atoms with Crippen molar-refractivity contribution in [1.29, 1.82) is 0 Å². The van der Waals surface area contributed by atoms with E-state index in [0.717, 1.165) is 37.9 Å². The van der Waals surface area contributed by atoms with Crippen LogP contribution in [0.25, 0.3) is 0 Å². The Morgan fingerprint density at radius 1 is 1.44 bits per heavy atom. The number of methoxy groups -OCH3 is 1. The minimum Gasteiger partial charge on any atom is -0.504 e. The van der Waals surface area contributed by atoms with Gasteiger partial charge in [-0.25, -0.2) is 0 Å². The molecular formula is C21H29NO5. The van der Waals surface area contributed by atoms with E-state index in [1.54, 1.807) is 6.07 Å². The van der Waals surface area contributed by atoms with Crippen LogP contribution in [0.4, 0.5) is 0 Å². The third kappa shape index (κ3) is 3.29. The molecule has 2 N–H and O–H groups in total. The van der Waals surface area contributed by atoms with Crippen molar-refractivity contribution in [3.05, 3.63) is 23.8 Å². The predicted octanol–water partition coefficient (Wildman–Crippen LogP) is 2.94. The number of nitrogens with one attached hydrogen (secondary N) is 1. The number of fused-ring (bicyclic) bond motifs is 3. The maximum Gasteiger partial charge on any atom is 0.305 e. The van der Waals surface area contributed by atoms with Crippen molar-refractivity contribution in [1.82, 2.24) is 5.32 Å². The van der Waals surface area contributed by atoms with Gasteiger partial charge in [0.25, 0.3) is 0 Å². The maximum absolute atomic E-state index is 11.8. The van der Waals surface area contributed by atoms with Crippen molar-refractivity contribution in [2.45, 2.75) is 50.7 Å². The summed E-state index contributed by atoms with van der Waals surface area (Å²) >= 11 is 0. The monoisotopic (exact) mass is 375 g/mol. The first kappa shape index (κ1) is 18.6. The molecule has 4 rings (SSSR count). The summed E-state index contributed by atoms with van der Waals surface area (Å²) in [4.78, 5) is 11.8. The SMILES string of the molecule is COC(=O)CC[C@@]1(C)Oc2c(O)cccc2[C@H]2OCC3(CCCNC3)C[C@@H]21.